The van der Waals surface area contributed by atoms with Gasteiger partial charge in [-0.05, 0) is 18.0 Å². The van der Waals surface area contributed by atoms with E-state index >= 15 is 0 Å². The number of unbranched alkanes of at least 4 members (excludes halogenated alkanes) is 6. The van der Waals surface area contributed by atoms with E-state index < -0.39 is 0 Å². The zero-order valence-electron chi connectivity index (χ0n) is 10.9. The van der Waals surface area contributed by atoms with E-state index in [0.29, 0.717) is 6.42 Å². The molecule has 104 valence electrons. The molecule has 0 radical (unpaired) electrons. The number of aromatic nitrogens is 2. The van der Waals surface area contributed by atoms with Gasteiger partial charge in [0.05, 0.1) is 6.20 Å². The largest absolute Gasteiger partial charge is 0.395 e. The zero-order valence-corrected chi connectivity index (χ0v) is 12.6. The molecule has 6 heteroatoms. The van der Waals surface area contributed by atoms with Crippen LogP contribution in [0.25, 0.3) is 0 Å². The molecule has 0 bridgehead atoms. The molecule has 0 fully saturated rings. The van der Waals surface area contributed by atoms with Gasteiger partial charge in [0.15, 0.2) is 0 Å². The summed E-state index contributed by atoms with van der Waals surface area (Å²) in [5.41, 5.74) is 0. The molecule has 1 aromatic heterocycles. The normalized spacial score (nSPS) is 9.44. The fraction of sp³-hybridized carbons (Fsp3) is 0.750. The van der Waals surface area contributed by atoms with Gasteiger partial charge in [-0.3, -0.25) is 4.79 Å². The summed E-state index contributed by atoms with van der Waals surface area (Å²) < 4.78 is 7.76. The maximum Gasteiger partial charge on any atom is 0.317 e. The summed E-state index contributed by atoms with van der Waals surface area (Å²) in [6.07, 6.45) is 10.7. The van der Waals surface area contributed by atoms with E-state index in [2.05, 4.69) is 33.6 Å². The Kier molecular flexibility index (Phi) is 13.9. The van der Waals surface area contributed by atoms with Crippen molar-refractivity contribution in [3.05, 3.63) is 11.6 Å². The third kappa shape index (κ3) is 13.4. The summed E-state index contributed by atoms with van der Waals surface area (Å²) >= 11 is 4.79. The van der Waals surface area contributed by atoms with Crippen molar-refractivity contribution in [2.45, 2.75) is 58.3 Å². The second kappa shape index (κ2) is 14.4. The van der Waals surface area contributed by atoms with Crippen molar-refractivity contribution in [2.24, 2.45) is 0 Å². The minimum atomic E-state index is -0.211. The van der Waals surface area contributed by atoms with Crippen LogP contribution in [0.1, 0.15) is 58.3 Å². The lowest BCUT2D eigenvalue weighted by atomic mass is 10.1. The van der Waals surface area contributed by atoms with E-state index in [1.165, 1.54) is 43.6 Å². The van der Waals surface area contributed by atoms with Crippen LogP contribution in [0.3, 0.4) is 0 Å². The van der Waals surface area contributed by atoms with Gasteiger partial charge >= 0.3 is 5.97 Å². The summed E-state index contributed by atoms with van der Waals surface area (Å²) in [6.45, 7) is 2.21. The van der Waals surface area contributed by atoms with Crippen molar-refractivity contribution in [3.63, 3.8) is 0 Å². The molecule has 18 heavy (non-hydrogen) atoms. The van der Waals surface area contributed by atoms with Gasteiger partial charge in [-0.1, -0.05) is 49.9 Å². The average Bonchev–Trinajstić information content (AvgIpc) is 2.96. The van der Waals surface area contributed by atoms with Gasteiger partial charge in [-0.2, -0.15) is 0 Å². The van der Waals surface area contributed by atoms with E-state index in [1.807, 2.05) is 5.38 Å². The number of hydrogen-bond acceptors (Lipinski definition) is 6. The van der Waals surface area contributed by atoms with Crippen molar-refractivity contribution in [1.82, 2.24) is 9.59 Å². The number of rotatable bonds is 8. The maximum atomic E-state index is 10.6. The van der Waals surface area contributed by atoms with Gasteiger partial charge in [0, 0.05) is 24.7 Å². The second-order valence-corrected chi connectivity index (χ2v) is 4.75. The number of nitrogens with zero attached hydrogens (tertiary/aromatic N) is 2. The maximum absolute atomic E-state index is 10.6. The molecule has 0 saturated carbocycles. The molecule has 0 unspecified atom stereocenters. The second-order valence-electron chi connectivity index (χ2n) is 3.92. The first-order valence-electron chi connectivity index (χ1n) is 6.36. The molecule has 0 aliphatic rings. The number of thiol groups is 1. The van der Waals surface area contributed by atoms with E-state index in [-0.39, 0.29) is 5.97 Å². The number of carbonyl (C=O) groups is 1. The highest BCUT2D eigenvalue weighted by atomic mass is 32.1. The third-order valence-electron chi connectivity index (χ3n) is 2.37. The van der Waals surface area contributed by atoms with Crippen molar-refractivity contribution in [3.8, 4) is 0 Å². The topological polar surface area (TPSA) is 52.1 Å². The molecule has 1 rings (SSSR count). The van der Waals surface area contributed by atoms with Crippen LogP contribution in [0.5, 0.6) is 0 Å². The van der Waals surface area contributed by atoms with Crippen LogP contribution in [0.15, 0.2) is 11.6 Å². The van der Waals surface area contributed by atoms with Gasteiger partial charge in [-0.15, -0.1) is 5.10 Å². The number of carbonyl (C=O) groups excluding carboxylic acids is 1. The van der Waals surface area contributed by atoms with Crippen LogP contribution >= 0.6 is 24.4 Å². The lowest BCUT2D eigenvalue weighted by Gasteiger charge is -1.99. The van der Waals surface area contributed by atoms with E-state index in [9.17, 15) is 4.79 Å². The minimum absolute atomic E-state index is 0.211. The Bertz CT molecular complexity index is 252. The van der Waals surface area contributed by atoms with Crippen LogP contribution in [0.2, 0.25) is 0 Å². The van der Waals surface area contributed by atoms with Crippen LogP contribution in [-0.2, 0) is 8.98 Å². The third-order valence-corrected chi connectivity index (χ3v) is 3.00. The zero-order chi connectivity index (χ0) is 13.5. The molecular weight excluding hydrogens is 268 g/mol. The molecule has 0 aliphatic heterocycles. The Morgan fingerprint density at radius 2 is 1.89 bits per heavy atom. The predicted octanol–water partition coefficient (Wildman–Crippen LogP) is 4.05. The van der Waals surface area contributed by atoms with Crippen molar-refractivity contribution >= 4 is 30.4 Å². The van der Waals surface area contributed by atoms with Crippen molar-refractivity contribution in [1.29, 1.82) is 0 Å². The highest BCUT2D eigenvalue weighted by Gasteiger charge is 1.99. The van der Waals surface area contributed by atoms with Gasteiger partial charge in [-0.25, -0.2) is 0 Å². The molecule has 0 atom stereocenters. The Balaban J connectivity index is 0.000000473. The summed E-state index contributed by atoms with van der Waals surface area (Å²) in [6, 6.07) is 0. The standard InChI is InChI=1S/C10H20O2S.C2H2N2S/c1-2-3-4-5-6-7-8-9-10(11)12-13;1-2-5-4-3-1/h13H,2-9H2,1H3;1-2H. The highest BCUT2D eigenvalue weighted by Crippen LogP contribution is 2.08. The molecular formula is C12H22N2O2S2. The summed E-state index contributed by atoms with van der Waals surface area (Å²) in [5.74, 6) is -0.211. The van der Waals surface area contributed by atoms with Gasteiger partial charge in [0.1, 0.15) is 0 Å². The van der Waals surface area contributed by atoms with Gasteiger partial charge in [0.2, 0.25) is 0 Å². The van der Waals surface area contributed by atoms with Crippen LogP contribution in [-0.4, -0.2) is 15.6 Å². The van der Waals surface area contributed by atoms with E-state index in [4.69, 9.17) is 0 Å². The molecule has 1 aromatic rings. The first kappa shape index (κ1) is 17.4. The van der Waals surface area contributed by atoms with Crippen molar-refractivity contribution < 1.29 is 8.98 Å². The Morgan fingerprint density at radius 1 is 1.22 bits per heavy atom. The molecule has 0 aliphatic carbocycles. The number of hydrogen-bond donors (Lipinski definition) is 1. The van der Waals surface area contributed by atoms with Crippen LogP contribution < -0.4 is 0 Å². The summed E-state index contributed by atoms with van der Waals surface area (Å²) in [4.78, 5) is 10.6. The Hall–Kier alpha value is -0.620. The predicted molar refractivity (Wildman–Crippen MR) is 77.6 cm³/mol. The molecule has 0 spiro atoms. The lowest BCUT2D eigenvalue weighted by molar-refractivity contribution is -0.132. The average molecular weight is 290 g/mol. The fourth-order valence-electron chi connectivity index (χ4n) is 1.41. The summed E-state index contributed by atoms with van der Waals surface area (Å²) in [5, 5.41) is 5.31. The van der Waals surface area contributed by atoms with Crippen LogP contribution in [0, 0.1) is 0 Å². The van der Waals surface area contributed by atoms with E-state index in [1.54, 1.807) is 6.20 Å². The molecule has 0 saturated heterocycles. The Morgan fingerprint density at radius 3 is 2.33 bits per heavy atom. The molecule has 0 N–H and O–H groups in total. The quantitative estimate of drug-likeness (QED) is 0.446. The SMILES string of the molecule is CCCCCCCCCC(=O)OS.c1csnn1. The molecule has 0 amide bonds. The highest BCUT2D eigenvalue weighted by molar-refractivity contribution is 7.75. The summed E-state index contributed by atoms with van der Waals surface area (Å²) in [7, 11) is 0. The minimum Gasteiger partial charge on any atom is -0.395 e. The molecule has 4 nitrogen and oxygen atoms in total. The first-order chi connectivity index (χ1) is 8.81. The lowest BCUT2D eigenvalue weighted by Crippen LogP contribution is -1.95. The van der Waals surface area contributed by atoms with Gasteiger partial charge in [0.25, 0.3) is 0 Å². The van der Waals surface area contributed by atoms with Gasteiger partial charge < -0.3 is 4.18 Å². The van der Waals surface area contributed by atoms with E-state index in [0.717, 1.165) is 12.8 Å². The van der Waals surface area contributed by atoms with Crippen LogP contribution in [0.4, 0.5) is 0 Å². The monoisotopic (exact) mass is 290 g/mol. The smallest absolute Gasteiger partial charge is 0.317 e. The molecule has 1 heterocycles. The molecule has 0 aromatic carbocycles. The Labute approximate surface area is 119 Å². The van der Waals surface area contributed by atoms with Crippen molar-refractivity contribution in [2.75, 3.05) is 0 Å². The first-order valence-corrected chi connectivity index (χ1v) is 7.56. The fourth-order valence-corrected chi connectivity index (χ4v) is 1.77.